The molecule has 4 heterocycles. The van der Waals surface area contributed by atoms with Gasteiger partial charge in [-0.3, -0.25) is 9.59 Å². The lowest BCUT2D eigenvalue weighted by atomic mass is 9.75. The van der Waals surface area contributed by atoms with Gasteiger partial charge in [0.15, 0.2) is 0 Å². The van der Waals surface area contributed by atoms with Crippen molar-refractivity contribution in [1.29, 1.82) is 0 Å². The van der Waals surface area contributed by atoms with Crippen molar-refractivity contribution in [1.82, 2.24) is 9.80 Å². The normalized spacial score (nSPS) is 24.4. The number of carbonyl (C=O) groups is 2. The van der Waals surface area contributed by atoms with E-state index in [1.807, 2.05) is 0 Å². The number of fused-ring (bicyclic) bond motifs is 3. The summed E-state index contributed by atoms with van der Waals surface area (Å²) in [5.41, 5.74) is 3.86. The van der Waals surface area contributed by atoms with Gasteiger partial charge in [0.2, 0.25) is 0 Å². The summed E-state index contributed by atoms with van der Waals surface area (Å²) in [6.45, 7) is 6.83. The molecule has 6 rings (SSSR count). The van der Waals surface area contributed by atoms with Gasteiger partial charge >= 0.3 is 5.97 Å². The molecule has 234 valence electrons. The molecular formula is C37H58N2O3. The van der Waals surface area contributed by atoms with Gasteiger partial charge in [-0.2, -0.15) is 0 Å². The number of benzene rings is 1. The Kier molecular flexibility index (Phi) is 13.9. The number of unbranched alkanes of at least 4 members (excludes halogenated alkanes) is 11. The number of carboxylic acids is 1. The Balaban J connectivity index is 0.000000195. The molecule has 1 aromatic carbocycles. The van der Waals surface area contributed by atoms with Crippen molar-refractivity contribution < 1.29 is 14.7 Å². The molecule has 4 aliphatic heterocycles. The number of aliphatic carboxylic acids is 1. The zero-order chi connectivity index (χ0) is 29.6. The Morgan fingerprint density at radius 1 is 0.881 bits per heavy atom. The van der Waals surface area contributed by atoms with E-state index in [1.165, 1.54) is 121 Å². The lowest BCUT2D eigenvalue weighted by molar-refractivity contribution is -0.137. The fraction of sp³-hybridized carbons (Fsp3) is 0.730. The minimum atomic E-state index is -0.664. The molecule has 2 bridgehead atoms. The molecular weight excluding hydrogens is 520 g/mol. The van der Waals surface area contributed by atoms with Gasteiger partial charge in [-0.05, 0) is 100 Å². The molecule has 2 atom stereocenters. The Bertz CT molecular complexity index is 997. The molecule has 0 saturated carbocycles. The molecule has 0 spiro atoms. The van der Waals surface area contributed by atoms with E-state index in [1.54, 1.807) is 0 Å². The SMILES string of the molecule is CCCCCCCC/C=C\CCCCCCCC(=O)O.O=C1c2cccc3c2[C@@H](CCC3)CN1[C@@H]1CN2CCC1CC2. The van der Waals surface area contributed by atoms with Crippen LogP contribution in [-0.4, -0.2) is 59.0 Å². The number of nitrogens with zero attached hydrogens (tertiary/aromatic N) is 2. The summed E-state index contributed by atoms with van der Waals surface area (Å²) >= 11 is 0. The minimum absolute atomic E-state index is 0.314. The zero-order valence-corrected chi connectivity index (χ0v) is 26.5. The predicted octanol–water partition coefficient (Wildman–Crippen LogP) is 8.77. The van der Waals surface area contributed by atoms with E-state index in [0.29, 0.717) is 24.3 Å². The maximum Gasteiger partial charge on any atom is 0.303 e. The number of rotatable bonds is 16. The zero-order valence-electron chi connectivity index (χ0n) is 26.5. The van der Waals surface area contributed by atoms with Crippen LogP contribution in [-0.2, 0) is 11.2 Å². The van der Waals surface area contributed by atoms with E-state index in [0.717, 1.165) is 43.8 Å². The van der Waals surface area contributed by atoms with Crippen LogP contribution in [0.3, 0.4) is 0 Å². The van der Waals surface area contributed by atoms with E-state index < -0.39 is 5.97 Å². The Morgan fingerprint density at radius 3 is 2.19 bits per heavy atom. The van der Waals surface area contributed by atoms with Crippen LogP contribution in [0.15, 0.2) is 30.4 Å². The summed E-state index contributed by atoms with van der Waals surface area (Å²) in [5, 5.41) is 8.51. The maximum atomic E-state index is 13.1. The average molecular weight is 579 g/mol. The largest absolute Gasteiger partial charge is 0.481 e. The highest BCUT2D eigenvalue weighted by Crippen LogP contribution is 2.41. The second-order valence-electron chi connectivity index (χ2n) is 13.4. The van der Waals surface area contributed by atoms with Crippen LogP contribution in [0.25, 0.3) is 0 Å². The first-order chi connectivity index (χ1) is 20.6. The van der Waals surface area contributed by atoms with Crippen LogP contribution in [0, 0.1) is 5.92 Å². The van der Waals surface area contributed by atoms with Crippen molar-refractivity contribution in [3.05, 3.63) is 47.0 Å². The molecule has 3 fully saturated rings. The van der Waals surface area contributed by atoms with Crippen LogP contribution < -0.4 is 0 Å². The molecule has 1 N–H and O–H groups in total. The average Bonchev–Trinajstić information content (AvgIpc) is 3.01. The van der Waals surface area contributed by atoms with Crippen molar-refractivity contribution in [3.8, 4) is 0 Å². The van der Waals surface area contributed by atoms with Gasteiger partial charge in [0.25, 0.3) is 5.91 Å². The monoisotopic (exact) mass is 578 g/mol. The molecule has 1 aliphatic carbocycles. The van der Waals surface area contributed by atoms with Gasteiger partial charge in [-0.25, -0.2) is 0 Å². The van der Waals surface area contributed by atoms with Crippen molar-refractivity contribution in [3.63, 3.8) is 0 Å². The van der Waals surface area contributed by atoms with Crippen LogP contribution in [0.1, 0.15) is 150 Å². The predicted molar refractivity (Wildman–Crippen MR) is 173 cm³/mol. The maximum absolute atomic E-state index is 13.1. The molecule has 1 aromatic rings. The summed E-state index contributed by atoms with van der Waals surface area (Å²) < 4.78 is 0. The Hall–Kier alpha value is -2.14. The Morgan fingerprint density at radius 2 is 1.55 bits per heavy atom. The molecule has 0 radical (unpaired) electrons. The minimum Gasteiger partial charge on any atom is -0.481 e. The molecule has 0 unspecified atom stereocenters. The van der Waals surface area contributed by atoms with Crippen LogP contribution >= 0.6 is 0 Å². The third-order valence-electron chi connectivity index (χ3n) is 10.2. The number of aryl methyl sites for hydroxylation is 1. The number of carbonyl (C=O) groups excluding carboxylic acids is 1. The molecule has 0 aromatic heterocycles. The van der Waals surface area contributed by atoms with Gasteiger partial charge < -0.3 is 14.9 Å². The number of amides is 1. The fourth-order valence-electron chi connectivity index (χ4n) is 7.76. The standard InChI is InChI=1S/C19H24N2O.C18H34O2/c22-19-16-6-2-4-14-3-1-5-15(18(14)16)11-21(19)17-12-20-9-7-13(17)8-10-20;1-2-3-4-5-6-7-8-9-10-11-12-13-14-15-16-17-18(19)20/h2,4,6,13,15,17H,1,3,5,7-12H2;9-10H,2-8,11-17H2,1H3,(H,19,20)/b;10-9-/t15-,17+;/m0./s1. The molecule has 1 amide bonds. The van der Waals surface area contributed by atoms with E-state index in [-0.39, 0.29) is 0 Å². The molecule has 5 heteroatoms. The van der Waals surface area contributed by atoms with Crippen molar-refractivity contribution in [2.45, 2.75) is 141 Å². The van der Waals surface area contributed by atoms with Crippen LogP contribution in [0.2, 0.25) is 0 Å². The van der Waals surface area contributed by atoms with E-state index in [4.69, 9.17) is 5.11 Å². The number of piperidine rings is 3. The second kappa shape index (κ2) is 17.9. The molecule has 3 saturated heterocycles. The number of hydrogen-bond donors (Lipinski definition) is 1. The van der Waals surface area contributed by atoms with E-state index in [2.05, 4.69) is 47.1 Å². The lowest BCUT2D eigenvalue weighted by Crippen LogP contribution is -2.60. The van der Waals surface area contributed by atoms with Gasteiger partial charge in [0, 0.05) is 37.0 Å². The number of carboxylic acid groups (broad SMARTS) is 1. The van der Waals surface area contributed by atoms with E-state index >= 15 is 0 Å². The summed E-state index contributed by atoms with van der Waals surface area (Å²) in [5.74, 6) is 0.978. The van der Waals surface area contributed by atoms with Crippen molar-refractivity contribution in [2.24, 2.45) is 5.92 Å². The quantitative estimate of drug-likeness (QED) is 0.157. The summed E-state index contributed by atoms with van der Waals surface area (Å²) in [7, 11) is 0. The van der Waals surface area contributed by atoms with Gasteiger partial charge in [-0.15, -0.1) is 0 Å². The third kappa shape index (κ3) is 9.69. The third-order valence-corrected chi connectivity index (χ3v) is 10.2. The summed E-state index contributed by atoms with van der Waals surface area (Å²) in [4.78, 5) is 28.3. The molecule has 5 nitrogen and oxygen atoms in total. The summed E-state index contributed by atoms with van der Waals surface area (Å²) in [6.07, 6.45) is 27.5. The van der Waals surface area contributed by atoms with Gasteiger partial charge in [-0.1, -0.05) is 82.6 Å². The molecule has 42 heavy (non-hydrogen) atoms. The first-order valence-electron chi connectivity index (χ1n) is 17.6. The van der Waals surface area contributed by atoms with Crippen molar-refractivity contribution in [2.75, 3.05) is 26.2 Å². The number of hydrogen-bond acceptors (Lipinski definition) is 3. The van der Waals surface area contributed by atoms with Gasteiger partial charge in [0.1, 0.15) is 0 Å². The topological polar surface area (TPSA) is 60.9 Å². The van der Waals surface area contributed by atoms with Crippen LogP contribution in [0.5, 0.6) is 0 Å². The Labute approximate surface area is 256 Å². The van der Waals surface area contributed by atoms with E-state index in [9.17, 15) is 9.59 Å². The lowest BCUT2D eigenvalue weighted by Gasteiger charge is -2.51. The van der Waals surface area contributed by atoms with Gasteiger partial charge in [0.05, 0.1) is 0 Å². The summed E-state index contributed by atoms with van der Waals surface area (Å²) in [6, 6.07) is 6.87. The molecule has 5 aliphatic rings. The highest BCUT2D eigenvalue weighted by molar-refractivity contribution is 5.98. The highest BCUT2D eigenvalue weighted by atomic mass is 16.4. The number of allylic oxidation sites excluding steroid dienone is 2. The smallest absolute Gasteiger partial charge is 0.303 e. The van der Waals surface area contributed by atoms with Crippen LogP contribution in [0.4, 0.5) is 0 Å². The fourth-order valence-corrected chi connectivity index (χ4v) is 7.76. The highest BCUT2D eigenvalue weighted by Gasteiger charge is 2.43. The second-order valence-corrected chi connectivity index (χ2v) is 13.4. The van der Waals surface area contributed by atoms with Crippen molar-refractivity contribution >= 4 is 11.9 Å². The first kappa shape index (κ1) is 32.8. The first-order valence-corrected chi connectivity index (χ1v) is 17.6.